The molecule has 0 aliphatic heterocycles. The van der Waals surface area contributed by atoms with Crippen molar-refractivity contribution in [1.29, 1.82) is 0 Å². The van der Waals surface area contributed by atoms with E-state index in [1.54, 1.807) is 0 Å². The second-order valence-electron chi connectivity index (χ2n) is 6.73. The van der Waals surface area contributed by atoms with Crippen LogP contribution >= 0.6 is 15.9 Å². The molecule has 0 heterocycles. The highest BCUT2D eigenvalue weighted by Crippen LogP contribution is 2.40. The first kappa shape index (κ1) is 17.1. The number of halogens is 1. The zero-order chi connectivity index (χ0) is 17.9. The van der Waals surface area contributed by atoms with Gasteiger partial charge >= 0.3 is 0 Å². The van der Waals surface area contributed by atoms with Gasteiger partial charge in [-0.3, -0.25) is 0 Å². The van der Waals surface area contributed by atoms with E-state index in [4.69, 9.17) is 0 Å². The van der Waals surface area contributed by atoms with E-state index in [1.165, 1.54) is 27.9 Å². The SMILES string of the molecule is C=C(Br)c1ccccc1/C(C1=CCC2C=CC=CC2=C1)=C1/C=CC=CC1. The van der Waals surface area contributed by atoms with Gasteiger partial charge in [-0.05, 0) is 46.3 Å². The quantitative estimate of drug-likeness (QED) is 0.498. The maximum absolute atomic E-state index is 4.13. The van der Waals surface area contributed by atoms with E-state index in [1.807, 2.05) is 0 Å². The molecule has 1 aromatic carbocycles. The second kappa shape index (κ2) is 7.47. The van der Waals surface area contributed by atoms with Crippen molar-refractivity contribution in [3.8, 4) is 0 Å². The molecule has 0 nitrogen and oxygen atoms in total. The van der Waals surface area contributed by atoms with Crippen molar-refractivity contribution < 1.29 is 0 Å². The molecule has 1 unspecified atom stereocenters. The van der Waals surface area contributed by atoms with Crippen molar-refractivity contribution in [2.45, 2.75) is 12.8 Å². The van der Waals surface area contributed by atoms with E-state index in [9.17, 15) is 0 Å². The molecule has 3 aliphatic rings. The maximum atomic E-state index is 4.13. The van der Waals surface area contributed by atoms with Gasteiger partial charge in [0, 0.05) is 10.4 Å². The second-order valence-corrected chi connectivity index (χ2v) is 7.69. The van der Waals surface area contributed by atoms with Crippen molar-refractivity contribution in [2.24, 2.45) is 5.92 Å². The summed E-state index contributed by atoms with van der Waals surface area (Å²) in [5.74, 6) is 0.512. The highest BCUT2D eigenvalue weighted by molar-refractivity contribution is 9.15. The third kappa shape index (κ3) is 3.32. The van der Waals surface area contributed by atoms with Gasteiger partial charge in [0.25, 0.3) is 0 Å². The molecule has 0 fully saturated rings. The molecule has 3 aliphatic carbocycles. The molecule has 128 valence electrons. The Labute approximate surface area is 164 Å². The standard InChI is InChI=1S/C25H21Br/c1-18(26)23-13-7-8-14-24(23)25(20-10-3-2-4-11-20)22-16-15-19-9-5-6-12-21(19)17-22/h2-10,12-14,16-17,19H,1,11,15H2/b25-20-. The Kier molecular flexibility index (Phi) is 4.90. The Morgan fingerprint density at radius 2 is 1.81 bits per heavy atom. The fraction of sp³-hybridized carbons (Fsp3) is 0.120. The summed E-state index contributed by atoms with van der Waals surface area (Å²) in [7, 11) is 0. The van der Waals surface area contributed by atoms with Crippen molar-refractivity contribution >= 4 is 26.0 Å². The fourth-order valence-corrected chi connectivity index (χ4v) is 4.13. The van der Waals surface area contributed by atoms with E-state index in [0.29, 0.717) is 5.92 Å². The van der Waals surface area contributed by atoms with Gasteiger partial charge in [0.05, 0.1) is 0 Å². The number of hydrogen-bond donors (Lipinski definition) is 0. The minimum Gasteiger partial charge on any atom is -0.0841 e. The van der Waals surface area contributed by atoms with Gasteiger partial charge in [-0.1, -0.05) is 108 Å². The maximum Gasteiger partial charge on any atom is 0.0182 e. The number of fused-ring (bicyclic) bond motifs is 1. The van der Waals surface area contributed by atoms with Gasteiger partial charge in [0.2, 0.25) is 0 Å². The smallest absolute Gasteiger partial charge is 0.0182 e. The summed E-state index contributed by atoms with van der Waals surface area (Å²) >= 11 is 3.60. The molecule has 1 aromatic rings. The predicted molar refractivity (Wildman–Crippen MR) is 117 cm³/mol. The Morgan fingerprint density at radius 1 is 1.00 bits per heavy atom. The molecule has 0 spiro atoms. The van der Waals surface area contributed by atoms with Crippen LogP contribution in [0.5, 0.6) is 0 Å². The lowest BCUT2D eigenvalue weighted by atomic mass is 9.80. The minimum absolute atomic E-state index is 0.512. The summed E-state index contributed by atoms with van der Waals surface area (Å²) in [4.78, 5) is 0. The van der Waals surface area contributed by atoms with E-state index in [-0.39, 0.29) is 0 Å². The van der Waals surface area contributed by atoms with Crippen LogP contribution in [0.25, 0.3) is 10.1 Å². The molecule has 0 saturated heterocycles. The Hall–Kier alpha value is -2.38. The molecule has 1 atom stereocenters. The van der Waals surface area contributed by atoms with Gasteiger partial charge in [0.15, 0.2) is 0 Å². The molecule has 4 rings (SSSR count). The lowest BCUT2D eigenvalue weighted by Gasteiger charge is -2.25. The van der Waals surface area contributed by atoms with Gasteiger partial charge in [0.1, 0.15) is 0 Å². The van der Waals surface area contributed by atoms with E-state index >= 15 is 0 Å². The summed E-state index contributed by atoms with van der Waals surface area (Å²) in [6.07, 6.45) is 24.3. The summed E-state index contributed by atoms with van der Waals surface area (Å²) in [6, 6.07) is 8.53. The molecule has 0 bridgehead atoms. The van der Waals surface area contributed by atoms with E-state index in [0.717, 1.165) is 22.9 Å². The molecule has 0 aromatic heterocycles. The largest absolute Gasteiger partial charge is 0.0841 e. The first-order chi connectivity index (χ1) is 12.7. The number of allylic oxidation sites excluding steroid dienone is 14. The summed E-state index contributed by atoms with van der Waals surface area (Å²) in [6.45, 7) is 4.13. The van der Waals surface area contributed by atoms with Crippen LogP contribution in [-0.2, 0) is 0 Å². The van der Waals surface area contributed by atoms with Gasteiger partial charge in [-0.2, -0.15) is 0 Å². The van der Waals surface area contributed by atoms with Gasteiger partial charge < -0.3 is 0 Å². The third-order valence-electron chi connectivity index (χ3n) is 5.07. The van der Waals surface area contributed by atoms with Crippen LogP contribution in [0.1, 0.15) is 24.0 Å². The van der Waals surface area contributed by atoms with Crippen LogP contribution in [0.4, 0.5) is 0 Å². The molecule has 0 radical (unpaired) electrons. The highest BCUT2D eigenvalue weighted by atomic mass is 79.9. The molecular formula is C25H21Br. The lowest BCUT2D eigenvalue weighted by molar-refractivity contribution is 0.775. The highest BCUT2D eigenvalue weighted by Gasteiger charge is 2.21. The van der Waals surface area contributed by atoms with Crippen LogP contribution < -0.4 is 0 Å². The molecular weight excluding hydrogens is 380 g/mol. The summed E-state index contributed by atoms with van der Waals surface area (Å²) < 4.78 is 0.920. The first-order valence-electron chi connectivity index (χ1n) is 9.01. The van der Waals surface area contributed by atoms with Crippen molar-refractivity contribution in [2.75, 3.05) is 0 Å². The summed E-state index contributed by atoms with van der Waals surface area (Å²) in [5, 5.41) is 0. The fourth-order valence-electron chi connectivity index (χ4n) is 3.79. The molecule has 0 N–H and O–H groups in total. The van der Waals surface area contributed by atoms with Crippen molar-refractivity contribution in [3.05, 3.63) is 119 Å². The number of benzene rings is 1. The monoisotopic (exact) mass is 400 g/mol. The van der Waals surface area contributed by atoms with Gasteiger partial charge in [-0.15, -0.1) is 0 Å². The number of rotatable bonds is 3. The van der Waals surface area contributed by atoms with Crippen LogP contribution in [0, 0.1) is 5.92 Å². The minimum atomic E-state index is 0.512. The van der Waals surface area contributed by atoms with E-state index < -0.39 is 0 Å². The zero-order valence-electron chi connectivity index (χ0n) is 14.7. The Morgan fingerprint density at radius 3 is 2.58 bits per heavy atom. The number of hydrogen-bond acceptors (Lipinski definition) is 0. The molecule has 0 saturated carbocycles. The van der Waals surface area contributed by atoms with Crippen LogP contribution in [0.15, 0.2) is 108 Å². The predicted octanol–water partition coefficient (Wildman–Crippen LogP) is 7.32. The lowest BCUT2D eigenvalue weighted by Crippen LogP contribution is -2.08. The van der Waals surface area contributed by atoms with E-state index in [2.05, 4.69) is 108 Å². The van der Waals surface area contributed by atoms with Crippen LogP contribution in [0.3, 0.4) is 0 Å². The summed E-state index contributed by atoms with van der Waals surface area (Å²) in [5.41, 5.74) is 7.77. The van der Waals surface area contributed by atoms with Crippen molar-refractivity contribution in [3.63, 3.8) is 0 Å². The molecule has 0 amide bonds. The van der Waals surface area contributed by atoms with Crippen molar-refractivity contribution in [1.82, 2.24) is 0 Å². The van der Waals surface area contributed by atoms with Gasteiger partial charge in [-0.25, -0.2) is 0 Å². The van der Waals surface area contributed by atoms with Crippen LogP contribution in [-0.4, -0.2) is 0 Å². The topological polar surface area (TPSA) is 0 Å². The average Bonchev–Trinajstić information content (AvgIpc) is 2.69. The Balaban J connectivity index is 1.88. The third-order valence-corrected chi connectivity index (χ3v) is 5.49. The Bertz CT molecular complexity index is 958. The average molecular weight is 401 g/mol. The molecule has 1 heteroatoms. The van der Waals surface area contributed by atoms with Crippen LogP contribution in [0.2, 0.25) is 0 Å². The normalized spacial score (nSPS) is 22.6. The zero-order valence-corrected chi connectivity index (χ0v) is 16.2. The first-order valence-corrected chi connectivity index (χ1v) is 9.81. The molecule has 26 heavy (non-hydrogen) atoms.